The molecule has 0 saturated carbocycles. The number of hydrogen-bond donors (Lipinski definition) is 1. The van der Waals surface area contributed by atoms with Crippen molar-refractivity contribution in [3.05, 3.63) is 46.8 Å². The van der Waals surface area contributed by atoms with Crippen LogP contribution in [0.4, 0.5) is 0 Å². The summed E-state index contributed by atoms with van der Waals surface area (Å²) in [6.45, 7) is 8.57. The highest BCUT2D eigenvalue weighted by molar-refractivity contribution is 7.98. The minimum atomic E-state index is 0.248. The van der Waals surface area contributed by atoms with E-state index in [4.69, 9.17) is 0 Å². The minimum Gasteiger partial charge on any atom is -0.305 e. The van der Waals surface area contributed by atoms with Gasteiger partial charge in [-0.3, -0.25) is 4.72 Å². The maximum absolute atomic E-state index is 3.47. The Balaban J connectivity index is 2.08. The summed E-state index contributed by atoms with van der Waals surface area (Å²) in [6, 6.07) is 13.2. The maximum Gasteiger partial charge on any atom is 0.0404 e. The summed E-state index contributed by atoms with van der Waals surface area (Å²) in [6.07, 6.45) is 0. The van der Waals surface area contributed by atoms with Crippen LogP contribution in [0.1, 0.15) is 31.2 Å². The second-order valence-corrected chi connectivity index (χ2v) is 9.58. The zero-order valence-corrected chi connectivity index (χ0v) is 15.8. The lowest BCUT2D eigenvalue weighted by molar-refractivity contribution is 0.403. The molecule has 0 aliphatic rings. The zero-order valence-electron chi connectivity index (χ0n) is 14.1. The molecule has 0 spiro atoms. The van der Waals surface area contributed by atoms with Crippen LogP contribution in [0, 0.1) is 0 Å². The summed E-state index contributed by atoms with van der Waals surface area (Å²) < 4.78 is 3.72. The molecule has 0 aliphatic heterocycles. The molecule has 2 aromatic rings. The van der Waals surface area contributed by atoms with Crippen molar-refractivity contribution in [2.45, 2.75) is 38.6 Å². The normalized spacial score (nSPS) is 12.1. The third kappa shape index (κ3) is 5.43. The van der Waals surface area contributed by atoms with Crippen LogP contribution >= 0.6 is 23.3 Å². The predicted molar refractivity (Wildman–Crippen MR) is 101 cm³/mol. The molecule has 2 nitrogen and oxygen atoms in total. The fraction of sp³-hybridized carbons (Fsp3) is 0.444. The standard InChI is InChI=1S/C18H26N2S2/c1-18(2,3)22-19-12-15-10-11-17(21-15)16-9-7-6-8-14(16)13-20(4)5/h6-11,19H,12-13H2,1-5H3. The van der Waals surface area contributed by atoms with E-state index >= 15 is 0 Å². The highest BCUT2D eigenvalue weighted by Gasteiger charge is 2.11. The van der Waals surface area contributed by atoms with Gasteiger partial charge in [0.15, 0.2) is 0 Å². The Kier molecular flexibility index (Phi) is 6.09. The molecule has 120 valence electrons. The molecule has 0 aliphatic carbocycles. The monoisotopic (exact) mass is 334 g/mol. The summed E-state index contributed by atoms with van der Waals surface area (Å²) in [4.78, 5) is 4.95. The van der Waals surface area contributed by atoms with E-state index in [1.165, 1.54) is 20.9 Å². The Morgan fingerprint density at radius 1 is 1.09 bits per heavy atom. The Bertz CT molecular complexity index is 597. The SMILES string of the molecule is CN(C)Cc1ccccc1-c1ccc(CNSC(C)(C)C)s1. The first-order valence-corrected chi connectivity index (χ1v) is 9.21. The Labute approximate surface area is 143 Å². The van der Waals surface area contributed by atoms with Gasteiger partial charge in [0.1, 0.15) is 0 Å². The molecule has 1 heterocycles. The van der Waals surface area contributed by atoms with E-state index in [1.807, 2.05) is 11.3 Å². The van der Waals surface area contributed by atoms with Crippen LogP contribution in [0.3, 0.4) is 0 Å². The van der Waals surface area contributed by atoms with Gasteiger partial charge in [0, 0.05) is 27.6 Å². The number of rotatable bonds is 6. The van der Waals surface area contributed by atoms with Crippen LogP contribution in [0.5, 0.6) is 0 Å². The molecule has 0 atom stereocenters. The molecule has 0 unspecified atom stereocenters. The minimum absolute atomic E-state index is 0.248. The molecule has 22 heavy (non-hydrogen) atoms. The van der Waals surface area contributed by atoms with Gasteiger partial charge in [-0.2, -0.15) is 0 Å². The summed E-state index contributed by atoms with van der Waals surface area (Å²) in [5.41, 5.74) is 2.74. The molecule has 1 aromatic carbocycles. The lowest BCUT2D eigenvalue weighted by Gasteiger charge is -2.17. The quantitative estimate of drug-likeness (QED) is 0.747. The van der Waals surface area contributed by atoms with E-state index in [2.05, 4.69) is 80.9 Å². The smallest absolute Gasteiger partial charge is 0.0404 e. The second-order valence-electron chi connectivity index (χ2n) is 6.70. The van der Waals surface area contributed by atoms with Crippen molar-refractivity contribution >= 4 is 23.3 Å². The van der Waals surface area contributed by atoms with Crippen LogP contribution in [-0.4, -0.2) is 23.7 Å². The first-order chi connectivity index (χ1) is 10.3. The van der Waals surface area contributed by atoms with Crippen LogP contribution in [0.2, 0.25) is 0 Å². The van der Waals surface area contributed by atoms with Crippen molar-refractivity contribution in [1.29, 1.82) is 0 Å². The van der Waals surface area contributed by atoms with Crippen molar-refractivity contribution < 1.29 is 0 Å². The van der Waals surface area contributed by atoms with E-state index in [-0.39, 0.29) is 4.75 Å². The van der Waals surface area contributed by atoms with E-state index in [0.717, 1.165) is 13.1 Å². The maximum atomic E-state index is 3.47. The average molecular weight is 335 g/mol. The first-order valence-electron chi connectivity index (χ1n) is 7.58. The van der Waals surface area contributed by atoms with Crippen LogP contribution in [-0.2, 0) is 13.1 Å². The van der Waals surface area contributed by atoms with Gasteiger partial charge in [0.25, 0.3) is 0 Å². The van der Waals surface area contributed by atoms with E-state index < -0.39 is 0 Å². The van der Waals surface area contributed by atoms with Crippen LogP contribution in [0.15, 0.2) is 36.4 Å². The van der Waals surface area contributed by atoms with Crippen LogP contribution in [0.25, 0.3) is 10.4 Å². The van der Waals surface area contributed by atoms with E-state index in [1.54, 1.807) is 11.9 Å². The van der Waals surface area contributed by atoms with Crippen molar-refractivity contribution in [2.24, 2.45) is 0 Å². The highest BCUT2D eigenvalue weighted by atomic mass is 32.2. The van der Waals surface area contributed by atoms with Gasteiger partial charge in [0.2, 0.25) is 0 Å². The van der Waals surface area contributed by atoms with Gasteiger partial charge < -0.3 is 4.90 Å². The van der Waals surface area contributed by atoms with E-state index in [9.17, 15) is 0 Å². The molecule has 4 heteroatoms. The Morgan fingerprint density at radius 2 is 1.82 bits per heavy atom. The predicted octanol–water partition coefficient (Wildman–Crippen LogP) is 5.01. The van der Waals surface area contributed by atoms with Crippen molar-refractivity contribution in [3.8, 4) is 10.4 Å². The van der Waals surface area contributed by atoms with Gasteiger partial charge in [0.05, 0.1) is 0 Å². The molecule has 0 fully saturated rings. The lowest BCUT2D eigenvalue weighted by atomic mass is 10.1. The molecule has 0 saturated heterocycles. The Morgan fingerprint density at radius 3 is 2.50 bits per heavy atom. The number of benzene rings is 1. The second kappa shape index (κ2) is 7.64. The van der Waals surface area contributed by atoms with Gasteiger partial charge in [-0.1, -0.05) is 36.2 Å². The number of nitrogens with one attached hydrogen (secondary N) is 1. The summed E-state index contributed by atoms with van der Waals surface area (Å²) >= 11 is 3.68. The third-order valence-corrected chi connectivity index (χ3v) is 5.08. The largest absolute Gasteiger partial charge is 0.305 e. The fourth-order valence-corrected chi connectivity index (χ4v) is 3.94. The Hall–Kier alpha value is -0.810. The van der Waals surface area contributed by atoms with Crippen LogP contribution < -0.4 is 4.72 Å². The fourth-order valence-electron chi connectivity index (χ4n) is 2.18. The van der Waals surface area contributed by atoms with E-state index in [0.29, 0.717) is 0 Å². The molecule has 1 N–H and O–H groups in total. The van der Waals surface area contributed by atoms with Gasteiger partial charge in [-0.15, -0.1) is 11.3 Å². The highest BCUT2D eigenvalue weighted by Crippen LogP contribution is 2.31. The van der Waals surface area contributed by atoms with Gasteiger partial charge in [-0.25, -0.2) is 0 Å². The summed E-state index contributed by atoms with van der Waals surface area (Å²) in [5.74, 6) is 0. The van der Waals surface area contributed by atoms with Gasteiger partial charge >= 0.3 is 0 Å². The molecule has 0 bridgehead atoms. The molecule has 1 aromatic heterocycles. The molecule has 0 radical (unpaired) electrons. The topological polar surface area (TPSA) is 15.3 Å². The zero-order chi connectivity index (χ0) is 16.2. The average Bonchev–Trinajstić information content (AvgIpc) is 2.86. The number of thiophene rings is 1. The number of hydrogen-bond acceptors (Lipinski definition) is 4. The first kappa shape index (κ1) is 17.5. The number of nitrogens with zero attached hydrogens (tertiary/aromatic N) is 1. The van der Waals surface area contributed by atoms with Crippen molar-refractivity contribution in [2.75, 3.05) is 14.1 Å². The molecule has 0 amide bonds. The summed E-state index contributed by atoms with van der Waals surface area (Å²) in [5, 5.41) is 0. The lowest BCUT2D eigenvalue weighted by Crippen LogP contribution is -2.16. The van der Waals surface area contributed by atoms with Crippen molar-refractivity contribution in [1.82, 2.24) is 9.62 Å². The molecule has 2 rings (SSSR count). The third-order valence-electron chi connectivity index (χ3n) is 3.06. The van der Waals surface area contributed by atoms with Gasteiger partial charge in [-0.05, 0) is 58.1 Å². The molecular weight excluding hydrogens is 308 g/mol. The summed E-state index contributed by atoms with van der Waals surface area (Å²) in [7, 11) is 4.23. The molecular formula is C18H26N2S2. The van der Waals surface area contributed by atoms with Crippen molar-refractivity contribution in [3.63, 3.8) is 0 Å².